The maximum atomic E-state index is 10.7. The van der Waals surface area contributed by atoms with E-state index >= 15 is 0 Å². The van der Waals surface area contributed by atoms with Gasteiger partial charge in [0.25, 0.3) is 0 Å². The van der Waals surface area contributed by atoms with Gasteiger partial charge in [0.1, 0.15) is 29.6 Å². The van der Waals surface area contributed by atoms with E-state index in [0.29, 0.717) is 23.8 Å². The lowest BCUT2D eigenvalue weighted by Crippen LogP contribution is -2.33. The lowest BCUT2D eigenvalue weighted by atomic mass is 9.98. The predicted molar refractivity (Wildman–Crippen MR) is 194 cm³/mol. The van der Waals surface area contributed by atoms with Crippen LogP contribution < -0.4 is 25.4 Å². The van der Waals surface area contributed by atoms with Gasteiger partial charge in [-0.25, -0.2) is 8.42 Å². The van der Waals surface area contributed by atoms with Crippen molar-refractivity contribution in [3.05, 3.63) is 109 Å². The minimum atomic E-state index is -3.92. The van der Waals surface area contributed by atoms with Crippen molar-refractivity contribution in [3.8, 4) is 23.0 Å². The summed E-state index contributed by atoms with van der Waals surface area (Å²) in [5, 5.41) is 25.5. The molecule has 0 heterocycles. The maximum absolute atomic E-state index is 10.7. The van der Waals surface area contributed by atoms with E-state index in [1.807, 2.05) is 0 Å². The lowest BCUT2D eigenvalue weighted by molar-refractivity contribution is 0.314. The molecule has 9 heteroatoms. The molecule has 0 saturated heterocycles. The average molecular weight is 680 g/mol. The largest absolute Gasteiger partial charge is 0.748 e. The Kier molecular flexibility index (Phi) is 14.9. The van der Waals surface area contributed by atoms with Gasteiger partial charge in [-0.05, 0) is 69.0 Å². The zero-order chi connectivity index (χ0) is 34.3. The summed E-state index contributed by atoms with van der Waals surface area (Å²) in [5.41, 5.74) is 1.31. The molecule has 7 nitrogen and oxygen atoms in total. The van der Waals surface area contributed by atoms with Crippen LogP contribution in [0.4, 0.5) is 0 Å². The molecule has 2 N–H and O–H groups in total. The van der Waals surface area contributed by atoms with Crippen molar-refractivity contribution in [3.63, 3.8) is 0 Å². The van der Waals surface area contributed by atoms with E-state index in [1.165, 1.54) is 68.4 Å². The summed E-state index contributed by atoms with van der Waals surface area (Å²) in [5.74, 6) is 0.421. The SMILES string of the molecule is COc1c(O)c(C)c(C[CH+]CCCCCCCC[P+](c2ccccc2)(c2ccccc2)c2ccccc2)c(O)c1OC.CS(=O)(=O)[O-]. The molecule has 0 amide bonds. The normalized spacial score (nSPS) is 11.3. The Labute approximate surface area is 281 Å². The number of methoxy groups -OCH3 is 2. The first-order valence-corrected chi connectivity index (χ1v) is 19.8. The highest BCUT2D eigenvalue weighted by Gasteiger charge is 2.44. The molecule has 0 unspecified atom stereocenters. The number of phenolic OH excluding ortho intramolecular Hbond substituents is 2. The first kappa shape index (κ1) is 37.7. The Balaban J connectivity index is 0.00000111. The number of ether oxygens (including phenoxy) is 2. The molecule has 0 aromatic heterocycles. The number of aromatic hydroxyl groups is 2. The molecule has 0 aliphatic carbocycles. The molecule has 47 heavy (non-hydrogen) atoms. The summed E-state index contributed by atoms with van der Waals surface area (Å²) in [6.07, 6.45) is 12.7. The van der Waals surface area contributed by atoms with Crippen molar-refractivity contribution in [2.45, 2.75) is 58.3 Å². The molecule has 4 rings (SSSR count). The summed E-state index contributed by atoms with van der Waals surface area (Å²) in [4.78, 5) is 0. The van der Waals surface area contributed by atoms with Gasteiger partial charge < -0.3 is 24.2 Å². The summed E-state index contributed by atoms with van der Waals surface area (Å²) in [7, 11) is -2.73. The molecule has 4 aromatic rings. The van der Waals surface area contributed by atoms with E-state index in [4.69, 9.17) is 22.4 Å². The van der Waals surface area contributed by atoms with Crippen molar-refractivity contribution in [1.82, 2.24) is 0 Å². The number of phenols is 2. The second-order valence-corrected chi connectivity index (χ2v) is 16.5. The van der Waals surface area contributed by atoms with E-state index in [0.717, 1.165) is 12.8 Å². The molecule has 0 saturated carbocycles. The summed E-state index contributed by atoms with van der Waals surface area (Å²) in [6.45, 7) is 1.80. The molecule has 0 aliphatic heterocycles. The fourth-order valence-corrected chi connectivity index (χ4v) is 10.4. The van der Waals surface area contributed by atoms with E-state index in [1.54, 1.807) is 6.92 Å². The van der Waals surface area contributed by atoms with Gasteiger partial charge in [0, 0.05) is 17.4 Å². The Morgan fingerprint density at radius 1 is 0.681 bits per heavy atom. The molecule has 4 aromatic carbocycles. The van der Waals surface area contributed by atoms with Gasteiger partial charge in [0.05, 0.1) is 43.3 Å². The minimum absolute atomic E-state index is 0.0220. The van der Waals surface area contributed by atoms with Gasteiger partial charge in [0.2, 0.25) is 11.5 Å². The van der Waals surface area contributed by atoms with Gasteiger partial charge in [0.15, 0.2) is 11.5 Å². The number of hydrogen-bond acceptors (Lipinski definition) is 7. The van der Waals surface area contributed by atoms with Crippen LogP contribution in [0.15, 0.2) is 91.0 Å². The quantitative estimate of drug-likeness (QED) is 0.0429. The van der Waals surface area contributed by atoms with Gasteiger partial charge in [-0.3, -0.25) is 0 Å². The van der Waals surface area contributed by atoms with Crippen LogP contribution in [-0.4, -0.2) is 49.8 Å². The van der Waals surface area contributed by atoms with E-state index < -0.39 is 17.4 Å². The van der Waals surface area contributed by atoms with Crippen molar-refractivity contribution < 1.29 is 32.7 Å². The molecule has 0 spiro atoms. The zero-order valence-corrected chi connectivity index (χ0v) is 29.6. The van der Waals surface area contributed by atoms with Crippen LogP contribution in [0.25, 0.3) is 0 Å². The molecule has 252 valence electrons. The van der Waals surface area contributed by atoms with Crippen LogP contribution in [-0.2, 0) is 16.5 Å². The summed E-state index contributed by atoms with van der Waals surface area (Å²) >= 11 is 0. The zero-order valence-electron chi connectivity index (χ0n) is 27.9. The minimum Gasteiger partial charge on any atom is -0.748 e. The Morgan fingerprint density at radius 2 is 1.06 bits per heavy atom. The van der Waals surface area contributed by atoms with Crippen LogP contribution in [0.3, 0.4) is 0 Å². The first-order valence-electron chi connectivity index (χ1n) is 16.0. The molecule has 0 fully saturated rings. The maximum Gasteiger partial charge on any atom is 0.207 e. The Hall–Kier alpha value is -3.71. The third-order valence-corrected chi connectivity index (χ3v) is 12.8. The highest BCUT2D eigenvalue weighted by molar-refractivity contribution is 7.95. The van der Waals surface area contributed by atoms with E-state index in [9.17, 15) is 10.2 Å². The number of unbranched alkanes of at least 4 members (excludes halogenated alkanes) is 7. The third-order valence-electron chi connectivity index (χ3n) is 8.23. The third kappa shape index (κ3) is 10.6. The van der Waals surface area contributed by atoms with Crippen LogP contribution in [0.2, 0.25) is 0 Å². The fourth-order valence-electron chi connectivity index (χ4n) is 5.94. The monoisotopic (exact) mass is 679 g/mol. The highest BCUT2D eigenvalue weighted by Crippen LogP contribution is 2.56. The molecule has 0 bridgehead atoms. The molecule has 0 radical (unpaired) electrons. The van der Waals surface area contributed by atoms with Crippen LogP contribution in [0.1, 0.15) is 56.1 Å². The van der Waals surface area contributed by atoms with Crippen LogP contribution >= 0.6 is 7.26 Å². The fraction of sp³-hybridized carbons (Fsp3) is 0.342. The molecular weight excluding hydrogens is 631 g/mol. The van der Waals surface area contributed by atoms with Crippen molar-refractivity contribution in [2.75, 3.05) is 26.6 Å². The van der Waals surface area contributed by atoms with E-state index in [-0.39, 0.29) is 23.0 Å². The number of benzene rings is 4. The van der Waals surface area contributed by atoms with Crippen LogP contribution in [0, 0.1) is 13.3 Å². The second kappa shape index (κ2) is 18.6. The van der Waals surface area contributed by atoms with Gasteiger partial charge in [-0.2, -0.15) is 0 Å². The molecule has 0 atom stereocenters. The second-order valence-electron chi connectivity index (χ2n) is 11.5. The highest BCUT2D eigenvalue weighted by atomic mass is 32.2. The average Bonchev–Trinajstić information content (AvgIpc) is 3.07. The van der Waals surface area contributed by atoms with Crippen molar-refractivity contribution in [2.24, 2.45) is 0 Å². The number of rotatable bonds is 16. The topological polar surface area (TPSA) is 116 Å². The predicted octanol–water partition coefficient (Wildman–Crippen LogP) is 7.06. The van der Waals surface area contributed by atoms with E-state index in [2.05, 4.69) is 97.4 Å². The Bertz CT molecular complexity index is 1510. The van der Waals surface area contributed by atoms with Gasteiger partial charge >= 0.3 is 0 Å². The first-order chi connectivity index (χ1) is 22.5. The summed E-state index contributed by atoms with van der Waals surface area (Å²) < 4.78 is 37.7. The molecule has 0 aliphatic rings. The van der Waals surface area contributed by atoms with Crippen molar-refractivity contribution in [1.29, 1.82) is 0 Å². The molecular formula is C38H48O7PS+. The van der Waals surface area contributed by atoms with Crippen molar-refractivity contribution >= 4 is 33.3 Å². The number of hydrogen-bond donors (Lipinski definition) is 2. The van der Waals surface area contributed by atoms with Gasteiger partial charge in [-0.15, -0.1) is 0 Å². The summed E-state index contributed by atoms with van der Waals surface area (Å²) in [6, 6.07) is 33.4. The standard InChI is InChI=1S/C37H43O4P.CH4O3S/c1-29-33(35(39)37(41-3)36(40-2)34(29)38)27-19-8-6-4-5-7-9-20-28-42(30-21-13-10-14-22-30,31-23-15-11-16-24-31)32-25-17-12-18-26-32;1-5(2,3)4/h10-19,21-26H,4-9,20,27-28H2,1-3H3;1H3,(H,2,3,4)/p+1. The Morgan fingerprint density at radius 3 is 1.49 bits per heavy atom. The smallest absolute Gasteiger partial charge is 0.207 e. The lowest BCUT2D eigenvalue weighted by Gasteiger charge is -2.27. The van der Waals surface area contributed by atoms with Gasteiger partial charge in [-0.1, -0.05) is 67.4 Å². The van der Waals surface area contributed by atoms with Crippen LogP contribution in [0.5, 0.6) is 23.0 Å².